The van der Waals surface area contributed by atoms with Crippen LogP contribution in [0.1, 0.15) is 0 Å². The van der Waals surface area contributed by atoms with Gasteiger partial charge in [0.1, 0.15) is 228 Å². The fourth-order valence-electron chi connectivity index (χ4n) is 12.3. The van der Waals surface area contributed by atoms with E-state index in [2.05, 4.69) is 0 Å². The molecule has 58 radical (unpaired) electrons. The average Bonchev–Trinajstić information content (AvgIpc) is 0.988. The summed E-state index contributed by atoms with van der Waals surface area (Å²) >= 11 is 0. The maximum absolute atomic E-state index is 7.93. The van der Waals surface area contributed by atoms with Crippen LogP contribution in [0.2, 0.25) is 0 Å². The molecule has 3 heterocycles. The van der Waals surface area contributed by atoms with Crippen molar-refractivity contribution in [3.05, 3.63) is 60.7 Å². The maximum atomic E-state index is 7.93. The number of rotatable bonds is 8. The van der Waals surface area contributed by atoms with Crippen LogP contribution >= 0.6 is 10.0 Å². The van der Waals surface area contributed by atoms with Crippen molar-refractivity contribution in [2.45, 2.75) is 19.6 Å². The molecule has 0 aliphatic heterocycles. The van der Waals surface area contributed by atoms with Gasteiger partial charge in [-0.2, -0.15) is 15.0 Å². The molecule has 356 valence electrons. The van der Waals surface area contributed by atoms with Crippen LogP contribution in [0, 0.1) is 0 Å². The molecule has 0 bridgehead atoms. The number of nitrogens with zero attached hydrogens (tertiary/aromatic N) is 5. The highest BCUT2D eigenvalue weighted by Gasteiger charge is 2.41. The zero-order chi connectivity index (χ0) is 67.0. The Labute approximate surface area is 574 Å². The molecule has 0 amide bonds. The van der Waals surface area contributed by atoms with Crippen LogP contribution in [0.3, 0.4) is 0 Å². The standard InChI is InChI=1S/C57H10B29N5S/c58-20-13(21(59)31(69)38(76)30(20)68)14-22(60)36(74)47(85)53(28(14)66)92(11-7-3-1-4-8-11,12-9-5-2-6-10-12)54-29(67)19(27(65)37(75)48(54)86)55-87-56(90-49-15(23(61)32(70)39(77)43(49)81)16-24(62)33(71)40(78)44(82)50(16)90)89-57(88-55)91-51-17(25(63)34(72)41(79)45(51)83)18-26(64)35(73)42(80)46(84)52(18)91/h1-10H. The van der Waals surface area contributed by atoms with Gasteiger partial charge in [0.15, 0.2) is 5.82 Å². The van der Waals surface area contributed by atoms with Gasteiger partial charge in [0.2, 0.25) is 11.9 Å². The molecule has 0 atom stereocenters. The molecule has 35 heteroatoms. The van der Waals surface area contributed by atoms with E-state index in [1.54, 1.807) is 60.7 Å². The molecule has 12 rings (SSSR count). The third-order valence-electron chi connectivity index (χ3n) is 17.1. The van der Waals surface area contributed by atoms with Gasteiger partial charge in [0.05, 0.1) is 0 Å². The first kappa shape index (κ1) is 65.9. The topological polar surface area (TPSA) is 48.5 Å². The highest BCUT2D eigenvalue weighted by molar-refractivity contribution is 8.34. The van der Waals surface area contributed by atoms with Crippen LogP contribution in [-0.2, 0) is 0 Å². The predicted octanol–water partition coefficient (Wildman–Crippen LogP) is -20.2. The van der Waals surface area contributed by atoms with Gasteiger partial charge in [0.25, 0.3) is 0 Å². The van der Waals surface area contributed by atoms with Crippen LogP contribution in [0.5, 0.6) is 0 Å². The molecule has 0 fully saturated rings. The van der Waals surface area contributed by atoms with Gasteiger partial charge in [0, 0.05) is 37.4 Å². The SMILES string of the molecule is [B]c1c([B])c([B])c(-c2c([B])c([B])c([B])c(S(c3ccccc3)(c3ccccc3)c3c([B])c([B])c([B])c(-c4nc(-n5c6c([B])c([B])c([B])c([B])c6c6c([B])c([B])c([B])c([B])c65)nc(-n5c6c([B])c([B])c([B])c([B])c6c6c([B])c([B])c([B])c([B])c65)n4)c3[B])c2[B])c([B])c1[B]. The largest absolute Gasteiger partial charge is 0.279 e. The van der Waals surface area contributed by atoms with E-state index in [9.17, 15) is 0 Å². The quantitative estimate of drug-likeness (QED) is 0.143. The van der Waals surface area contributed by atoms with Gasteiger partial charge in [-0.15, -0.1) is 81.0 Å². The predicted molar refractivity (Wildman–Crippen MR) is 416 cm³/mol. The van der Waals surface area contributed by atoms with Crippen molar-refractivity contribution in [1.29, 1.82) is 0 Å². The first-order chi connectivity index (χ1) is 43.3. The van der Waals surface area contributed by atoms with Gasteiger partial charge < -0.3 is 0 Å². The smallest absolute Gasteiger partial charge is 0.240 e. The molecule has 0 saturated heterocycles. The van der Waals surface area contributed by atoms with Gasteiger partial charge >= 0.3 is 0 Å². The van der Waals surface area contributed by atoms with Crippen molar-refractivity contribution in [2.24, 2.45) is 0 Å². The van der Waals surface area contributed by atoms with Crippen LogP contribution in [0.25, 0.3) is 78.0 Å². The average molecular weight is 1110 g/mol. The lowest BCUT2D eigenvalue weighted by atomic mass is 9.57. The van der Waals surface area contributed by atoms with Crippen molar-refractivity contribution >= 4 is 440 Å². The van der Waals surface area contributed by atoms with E-state index in [1.165, 1.54) is 9.13 Å². The van der Waals surface area contributed by atoms with Crippen LogP contribution in [0.15, 0.2) is 80.2 Å². The number of aromatic nitrogens is 5. The molecule has 12 aromatic rings. The van der Waals surface area contributed by atoms with Crippen molar-refractivity contribution < 1.29 is 0 Å². The molecule has 0 saturated carbocycles. The number of hydrogen-bond acceptors (Lipinski definition) is 3. The van der Waals surface area contributed by atoms with E-state index < -0.39 is 27.7 Å². The maximum Gasteiger partial charge on any atom is 0.240 e. The van der Waals surface area contributed by atoms with E-state index in [-0.39, 0.29) is 229 Å². The summed E-state index contributed by atoms with van der Waals surface area (Å²) in [6, 6.07) is 17.7. The Morgan fingerprint density at radius 1 is 0.217 bits per heavy atom. The van der Waals surface area contributed by atoms with E-state index in [1.807, 2.05) is 0 Å². The summed E-state index contributed by atoms with van der Waals surface area (Å²) in [5.74, 6) is -1.22. The van der Waals surface area contributed by atoms with E-state index in [0.717, 1.165) is 0 Å². The Morgan fingerprint density at radius 3 is 0.750 bits per heavy atom. The van der Waals surface area contributed by atoms with Gasteiger partial charge in [-0.1, -0.05) is 124 Å². The Balaban J connectivity index is 1.35. The lowest BCUT2D eigenvalue weighted by Gasteiger charge is -2.48. The summed E-state index contributed by atoms with van der Waals surface area (Å²) in [5, 5.41) is 0.346. The summed E-state index contributed by atoms with van der Waals surface area (Å²) in [4.78, 5) is 16.6. The zero-order valence-electron chi connectivity index (χ0n) is 48.7. The van der Waals surface area contributed by atoms with E-state index >= 15 is 0 Å². The second-order valence-electron chi connectivity index (χ2n) is 21.8. The summed E-state index contributed by atoms with van der Waals surface area (Å²) in [5.41, 5.74) is -5.13. The molecule has 0 spiro atoms. The molecule has 92 heavy (non-hydrogen) atoms. The fourth-order valence-corrected chi connectivity index (χ4v) is 16.6. The van der Waals surface area contributed by atoms with Gasteiger partial charge in [-0.25, -0.2) is 0 Å². The Kier molecular flexibility index (Phi) is 16.7. The molecular weight excluding hydrogens is 1100 g/mol. The normalized spacial score (nSPS) is 12.0. The Morgan fingerprint density at radius 2 is 0.446 bits per heavy atom. The highest BCUT2D eigenvalue weighted by atomic mass is 32.3. The number of benzene rings is 9. The third-order valence-corrected chi connectivity index (χ3v) is 21.2. The van der Waals surface area contributed by atoms with Crippen LogP contribution in [0.4, 0.5) is 0 Å². The summed E-state index contributed by atoms with van der Waals surface area (Å²) in [6.07, 6.45) is 0. The number of fused-ring (bicyclic) bond motifs is 6. The first-order valence-corrected chi connectivity index (χ1v) is 28.8. The summed E-state index contributed by atoms with van der Waals surface area (Å²) < 4.78 is 2.69. The van der Waals surface area contributed by atoms with Crippen molar-refractivity contribution in [1.82, 2.24) is 24.1 Å². The van der Waals surface area contributed by atoms with Gasteiger partial charge in [-0.05, 0) is 66.7 Å². The third kappa shape index (κ3) is 8.92. The van der Waals surface area contributed by atoms with Gasteiger partial charge in [-0.3, -0.25) is 9.13 Å². The molecule has 0 aliphatic carbocycles. The molecule has 0 unspecified atom stereocenters. The van der Waals surface area contributed by atoms with Crippen molar-refractivity contribution in [2.75, 3.05) is 0 Å². The summed E-state index contributed by atoms with van der Waals surface area (Å²) in [6.45, 7) is 0. The minimum absolute atomic E-state index is 0.0249. The van der Waals surface area contributed by atoms with Crippen molar-refractivity contribution in [3.63, 3.8) is 0 Å². The minimum Gasteiger partial charge on any atom is -0.279 e. The minimum atomic E-state index is -3.57. The van der Waals surface area contributed by atoms with Crippen LogP contribution in [-0.4, -0.2) is 252 Å². The monoisotopic (exact) mass is 1120 g/mol. The second-order valence-corrected chi connectivity index (χ2v) is 24.8. The molecule has 5 nitrogen and oxygen atoms in total. The molecular formula is C57H10B29N5S. The highest BCUT2D eigenvalue weighted by Crippen LogP contribution is 2.71. The van der Waals surface area contributed by atoms with E-state index in [0.29, 0.717) is 9.79 Å². The lowest BCUT2D eigenvalue weighted by Crippen LogP contribution is -2.57. The Bertz CT molecular complexity index is 4950. The van der Waals surface area contributed by atoms with E-state index in [4.69, 9.17) is 242 Å². The first-order valence-electron chi connectivity index (χ1n) is 27.2. The van der Waals surface area contributed by atoms with Crippen molar-refractivity contribution in [3.8, 4) is 34.4 Å². The zero-order valence-corrected chi connectivity index (χ0v) is 49.5. The molecule has 3 aromatic heterocycles. The second kappa shape index (κ2) is 23.3. The molecule has 0 N–H and O–H groups in total. The number of hydrogen-bond donors (Lipinski definition) is 0. The molecule has 9 aromatic carbocycles. The Hall–Kier alpha value is -6.18. The van der Waals surface area contributed by atoms with Crippen LogP contribution < -0.4 is 158 Å². The molecule has 0 aliphatic rings. The lowest BCUT2D eigenvalue weighted by molar-refractivity contribution is 0.896. The fraction of sp³-hybridized carbons (Fsp3) is 0. The summed E-state index contributed by atoms with van der Waals surface area (Å²) in [7, 11) is 197.